The van der Waals surface area contributed by atoms with Crippen molar-refractivity contribution in [2.24, 2.45) is 0 Å². The highest BCUT2D eigenvalue weighted by Crippen LogP contribution is 2.27. The minimum atomic E-state index is -0.676. The molecule has 2 aromatic carbocycles. The second-order valence-corrected chi connectivity index (χ2v) is 10.1. The Morgan fingerprint density at radius 2 is 1.76 bits per heavy atom. The van der Waals surface area contributed by atoms with Crippen LogP contribution in [0.25, 0.3) is 0 Å². The Balaban J connectivity index is 1.77. The zero-order valence-corrected chi connectivity index (χ0v) is 21.7. The number of carbonyl (C=O) groups excluding carboxylic acids is 2. The third-order valence-electron chi connectivity index (χ3n) is 6.37. The smallest absolute Gasteiger partial charge is 0.261 e. The van der Waals surface area contributed by atoms with E-state index in [1.807, 2.05) is 24.3 Å². The number of nitrogens with one attached hydrogen (secondary N) is 1. The van der Waals surface area contributed by atoms with E-state index in [2.05, 4.69) is 19.2 Å². The topological polar surface area (TPSA) is 58.6 Å². The molecular formula is C27H34Cl2N2O3. The van der Waals surface area contributed by atoms with E-state index >= 15 is 0 Å². The maximum atomic E-state index is 13.4. The number of nitrogens with zero attached hydrogens (tertiary/aromatic N) is 1. The predicted molar refractivity (Wildman–Crippen MR) is 138 cm³/mol. The van der Waals surface area contributed by atoms with Gasteiger partial charge in [0.25, 0.3) is 5.91 Å². The third kappa shape index (κ3) is 7.13. The molecule has 5 nitrogen and oxygen atoms in total. The van der Waals surface area contributed by atoms with Crippen LogP contribution < -0.4 is 10.1 Å². The summed E-state index contributed by atoms with van der Waals surface area (Å²) in [7, 11) is 0. The molecule has 0 aliphatic heterocycles. The van der Waals surface area contributed by atoms with Gasteiger partial charge in [-0.15, -0.1) is 0 Å². The van der Waals surface area contributed by atoms with Gasteiger partial charge in [-0.3, -0.25) is 9.59 Å². The fraction of sp³-hybridized carbons (Fsp3) is 0.481. The first-order valence-electron chi connectivity index (χ1n) is 12.0. The molecule has 1 atom stereocenters. The maximum Gasteiger partial charge on any atom is 0.261 e. The third-order valence-corrected chi connectivity index (χ3v) is 6.95. The van der Waals surface area contributed by atoms with Crippen molar-refractivity contribution in [3.8, 4) is 5.75 Å². The summed E-state index contributed by atoms with van der Waals surface area (Å²) < 4.78 is 5.93. The lowest BCUT2D eigenvalue weighted by atomic mass is 9.95. The van der Waals surface area contributed by atoms with E-state index in [-0.39, 0.29) is 36.9 Å². The molecule has 0 aromatic heterocycles. The van der Waals surface area contributed by atoms with Crippen LogP contribution in [0.15, 0.2) is 42.5 Å². The lowest BCUT2D eigenvalue weighted by Crippen LogP contribution is -2.51. The zero-order valence-electron chi connectivity index (χ0n) is 20.2. The largest absolute Gasteiger partial charge is 0.483 e. The van der Waals surface area contributed by atoms with Crippen LogP contribution >= 0.6 is 23.2 Å². The Labute approximate surface area is 212 Å². The number of ether oxygens (including phenoxy) is 1. The molecule has 0 unspecified atom stereocenters. The summed E-state index contributed by atoms with van der Waals surface area (Å²) in [6.07, 6.45) is 5.39. The summed E-state index contributed by atoms with van der Waals surface area (Å²) in [5.74, 6) is 0.494. The highest BCUT2D eigenvalue weighted by atomic mass is 35.5. The number of hydrogen-bond acceptors (Lipinski definition) is 3. The van der Waals surface area contributed by atoms with Crippen molar-refractivity contribution in [3.63, 3.8) is 0 Å². The van der Waals surface area contributed by atoms with Crippen molar-refractivity contribution in [2.45, 2.75) is 77.4 Å². The molecule has 0 spiro atoms. The number of amides is 2. The van der Waals surface area contributed by atoms with E-state index in [9.17, 15) is 9.59 Å². The fourth-order valence-corrected chi connectivity index (χ4v) is 4.76. The van der Waals surface area contributed by atoms with Crippen molar-refractivity contribution in [1.82, 2.24) is 10.2 Å². The van der Waals surface area contributed by atoms with Gasteiger partial charge >= 0.3 is 0 Å². The van der Waals surface area contributed by atoms with Crippen LogP contribution in [0.4, 0.5) is 0 Å². The van der Waals surface area contributed by atoms with Gasteiger partial charge in [0.2, 0.25) is 5.91 Å². The van der Waals surface area contributed by atoms with Crippen molar-refractivity contribution in [3.05, 3.63) is 63.6 Å². The van der Waals surface area contributed by atoms with Gasteiger partial charge in [-0.2, -0.15) is 0 Å². The standard InChI is InChI=1S/C27H34Cl2N2O3/c1-18(2)23-11-7-8-12-25(23)34-17-26(32)31(16-20-13-14-21(28)15-24(20)29)19(3)27(33)30-22-9-5-4-6-10-22/h7-8,11-15,18-19,22H,4-6,9-10,16-17H2,1-3H3,(H,30,33)/t19-/m1/s1. The van der Waals surface area contributed by atoms with Gasteiger partial charge in [0.15, 0.2) is 6.61 Å². The Morgan fingerprint density at radius 3 is 2.44 bits per heavy atom. The molecule has 1 fully saturated rings. The monoisotopic (exact) mass is 504 g/mol. The molecule has 0 heterocycles. The van der Waals surface area contributed by atoms with E-state index in [4.69, 9.17) is 27.9 Å². The lowest BCUT2D eigenvalue weighted by Gasteiger charge is -2.31. The van der Waals surface area contributed by atoms with Crippen molar-refractivity contribution in [2.75, 3.05) is 6.61 Å². The molecule has 1 aliphatic rings. The van der Waals surface area contributed by atoms with Crippen molar-refractivity contribution >= 4 is 35.0 Å². The number of rotatable bonds is 9. The van der Waals surface area contributed by atoms with Gasteiger partial charge < -0.3 is 15.0 Å². The van der Waals surface area contributed by atoms with E-state index in [0.29, 0.717) is 15.8 Å². The molecule has 0 radical (unpaired) electrons. The van der Waals surface area contributed by atoms with Gasteiger partial charge in [0, 0.05) is 22.6 Å². The molecular weight excluding hydrogens is 471 g/mol. The van der Waals surface area contributed by atoms with Crippen LogP contribution in [0.5, 0.6) is 5.75 Å². The Kier molecular flexibility index (Phi) is 9.66. The first kappa shape index (κ1) is 26.4. The van der Waals surface area contributed by atoms with Gasteiger partial charge in [-0.05, 0) is 55.0 Å². The van der Waals surface area contributed by atoms with E-state index in [0.717, 1.165) is 36.8 Å². The Bertz CT molecular complexity index is 990. The van der Waals surface area contributed by atoms with E-state index in [1.54, 1.807) is 25.1 Å². The predicted octanol–water partition coefficient (Wildman–Crippen LogP) is 6.36. The highest BCUT2D eigenvalue weighted by molar-refractivity contribution is 6.35. The maximum absolute atomic E-state index is 13.4. The minimum Gasteiger partial charge on any atom is -0.483 e. The molecule has 0 bridgehead atoms. The molecule has 7 heteroatoms. The van der Waals surface area contributed by atoms with Crippen molar-refractivity contribution in [1.29, 1.82) is 0 Å². The molecule has 1 N–H and O–H groups in total. The second kappa shape index (κ2) is 12.5. The van der Waals surface area contributed by atoms with Crippen molar-refractivity contribution < 1.29 is 14.3 Å². The summed E-state index contributed by atoms with van der Waals surface area (Å²) in [4.78, 5) is 28.0. The molecule has 0 saturated heterocycles. The second-order valence-electron chi connectivity index (χ2n) is 9.26. The molecule has 1 aliphatic carbocycles. The van der Waals surface area contributed by atoms with Crippen LogP contribution in [0, 0.1) is 0 Å². The average molecular weight is 505 g/mol. The first-order valence-corrected chi connectivity index (χ1v) is 12.8. The quantitative estimate of drug-likeness (QED) is 0.431. The van der Waals surface area contributed by atoms with Gasteiger partial charge in [-0.25, -0.2) is 0 Å². The van der Waals surface area contributed by atoms with Gasteiger partial charge in [0.05, 0.1) is 0 Å². The number of benzene rings is 2. The summed E-state index contributed by atoms with van der Waals surface area (Å²) in [6.45, 7) is 5.92. The lowest BCUT2D eigenvalue weighted by molar-refractivity contribution is -0.142. The molecule has 2 aromatic rings. The number of para-hydroxylation sites is 1. The van der Waals surface area contributed by atoms with Crippen LogP contribution in [0.3, 0.4) is 0 Å². The Hall–Kier alpha value is -2.24. The summed E-state index contributed by atoms with van der Waals surface area (Å²) in [6, 6.07) is 12.3. The van der Waals surface area contributed by atoms with E-state index in [1.165, 1.54) is 11.3 Å². The van der Waals surface area contributed by atoms with Crippen LogP contribution in [-0.4, -0.2) is 35.4 Å². The summed E-state index contributed by atoms with van der Waals surface area (Å²) in [5.41, 5.74) is 1.75. The summed E-state index contributed by atoms with van der Waals surface area (Å²) >= 11 is 12.4. The van der Waals surface area contributed by atoms with Gasteiger partial charge in [0.1, 0.15) is 11.8 Å². The van der Waals surface area contributed by atoms with Crippen LogP contribution in [0.1, 0.15) is 69.9 Å². The molecule has 2 amide bonds. The minimum absolute atomic E-state index is 0.159. The molecule has 34 heavy (non-hydrogen) atoms. The number of halogens is 2. The first-order chi connectivity index (χ1) is 16.3. The number of carbonyl (C=O) groups is 2. The van der Waals surface area contributed by atoms with E-state index < -0.39 is 6.04 Å². The number of hydrogen-bond donors (Lipinski definition) is 1. The average Bonchev–Trinajstić information content (AvgIpc) is 2.82. The Morgan fingerprint density at radius 1 is 1.06 bits per heavy atom. The normalized spacial score (nSPS) is 15.1. The van der Waals surface area contributed by atoms with Crippen LogP contribution in [0.2, 0.25) is 10.0 Å². The van der Waals surface area contributed by atoms with Gasteiger partial charge in [-0.1, -0.05) is 80.6 Å². The SMILES string of the molecule is CC(C)c1ccccc1OCC(=O)N(Cc1ccc(Cl)cc1Cl)[C@H](C)C(=O)NC1CCCCC1. The fourth-order valence-electron chi connectivity index (χ4n) is 4.30. The molecule has 1 saturated carbocycles. The van der Waals surface area contributed by atoms with Crippen LogP contribution in [-0.2, 0) is 16.1 Å². The molecule has 184 valence electrons. The highest BCUT2D eigenvalue weighted by Gasteiger charge is 2.29. The summed E-state index contributed by atoms with van der Waals surface area (Å²) in [5, 5.41) is 4.11. The molecule has 3 rings (SSSR count). The zero-order chi connectivity index (χ0) is 24.7.